The Morgan fingerprint density at radius 3 is 2.77 bits per heavy atom. The van der Waals surface area contributed by atoms with Crippen LogP contribution in [0.1, 0.15) is 35.4 Å². The lowest BCUT2D eigenvalue weighted by molar-refractivity contribution is 0.620. The van der Waals surface area contributed by atoms with Crippen molar-refractivity contribution in [2.24, 2.45) is 7.05 Å². The number of rotatable bonds is 6. The molecule has 1 N–H and O–H groups in total. The molecule has 39 heavy (non-hydrogen) atoms. The van der Waals surface area contributed by atoms with E-state index < -0.39 is 17.2 Å². The first-order valence-electron chi connectivity index (χ1n) is 12.1. The molecule has 3 aromatic heterocycles. The van der Waals surface area contributed by atoms with Crippen LogP contribution in [0.5, 0.6) is 0 Å². The predicted molar refractivity (Wildman–Crippen MR) is 143 cm³/mol. The van der Waals surface area contributed by atoms with Crippen LogP contribution in [0.25, 0.3) is 16.6 Å². The van der Waals surface area contributed by atoms with Gasteiger partial charge < -0.3 is 5.32 Å². The normalized spacial score (nSPS) is 13.0. The Labute approximate surface area is 225 Å². The summed E-state index contributed by atoms with van der Waals surface area (Å²) >= 11 is 6.50. The molecule has 0 radical (unpaired) electrons. The van der Waals surface area contributed by atoms with Gasteiger partial charge in [-0.3, -0.25) is 14.2 Å². The van der Waals surface area contributed by atoms with Gasteiger partial charge in [0.2, 0.25) is 5.95 Å². The molecule has 1 fully saturated rings. The zero-order valence-electron chi connectivity index (χ0n) is 20.6. The van der Waals surface area contributed by atoms with E-state index in [9.17, 15) is 19.2 Å². The molecule has 0 bridgehead atoms. The molecule has 1 aliphatic rings. The molecule has 10 nitrogen and oxygen atoms in total. The monoisotopic (exact) mass is 542 g/mol. The summed E-state index contributed by atoms with van der Waals surface area (Å²) in [5.74, 6) is -0.382. The number of pyridine rings is 1. The summed E-state index contributed by atoms with van der Waals surface area (Å²) in [7, 11) is 1.78. The van der Waals surface area contributed by atoms with Crippen molar-refractivity contribution in [3.63, 3.8) is 0 Å². The van der Waals surface area contributed by atoms with Gasteiger partial charge in [0.05, 0.1) is 40.2 Å². The number of benzene rings is 2. The molecular formula is C27H20ClFN8O2. The minimum Gasteiger partial charge on any atom is -0.324 e. The largest absolute Gasteiger partial charge is 0.359 e. The quantitative estimate of drug-likeness (QED) is 0.344. The zero-order valence-corrected chi connectivity index (χ0v) is 21.4. The molecule has 194 valence electrons. The maximum absolute atomic E-state index is 14.0. The second-order valence-electron chi connectivity index (χ2n) is 9.42. The van der Waals surface area contributed by atoms with Crippen LogP contribution in [0.3, 0.4) is 0 Å². The highest BCUT2D eigenvalue weighted by atomic mass is 35.5. The Hall–Kier alpha value is -4.82. The fourth-order valence-electron chi connectivity index (χ4n) is 4.48. The van der Waals surface area contributed by atoms with E-state index in [0.29, 0.717) is 33.4 Å². The summed E-state index contributed by atoms with van der Waals surface area (Å²) in [5.41, 5.74) is 1.13. The second-order valence-corrected chi connectivity index (χ2v) is 9.82. The molecular weight excluding hydrogens is 523 g/mol. The fourth-order valence-corrected chi connectivity index (χ4v) is 4.69. The van der Waals surface area contributed by atoms with Crippen molar-refractivity contribution in [2.45, 2.75) is 25.3 Å². The van der Waals surface area contributed by atoms with Gasteiger partial charge in [0.15, 0.2) is 0 Å². The number of fused-ring (bicyclic) bond motifs is 1. The number of halogens is 2. The average Bonchev–Trinajstić information content (AvgIpc) is 3.70. The van der Waals surface area contributed by atoms with Crippen LogP contribution in [0, 0.1) is 17.1 Å². The summed E-state index contributed by atoms with van der Waals surface area (Å²) in [6, 6.07) is 10.9. The van der Waals surface area contributed by atoms with Crippen molar-refractivity contribution in [1.82, 2.24) is 28.9 Å². The van der Waals surface area contributed by atoms with Gasteiger partial charge >= 0.3 is 11.4 Å². The van der Waals surface area contributed by atoms with Gasteiger partial charge in [-0.15, -0.1) is 0 Å². The Morgan fingerprint density at radius 1 is 1.18 bits per heavy atom. The van der Waals surface area contributed by atoms with Gasteiger partial charge in [0.1, 0.15) is 11.9 Å². The SMILES string of the molecule is Cn1cc2cc(Nc3nc(=O)n(-c4cncc(C5CC5)c4)c(=O)n3Cc3ccc(F)c(C#N)c3)c(Cl)cc2n1. The van der Waals surface area contributed by atoms with E-state index in [1.165, 1.54) is 22.9 Å². The summed E-state index contributed by atoms with van der Waals surface area (Å²) in [5, 5.41) is 17.7. The van der Waals surface area contributed by atoms with Gasteiger partial charge in [0.25, 0.3) is 0 Å². The minimum absolute atomic E-state index is 0.0690. The van der Waals surface area contributed by atoms with Gasteiger partial charge in [0, 0.05) is 24.8 Å². The van der Waals surface area contributed by atoms with Crippen LogP contribution in [0.2, 0.25) is 5.02 Å². The number of aryl methyl sites for hydroxylation is 1. The summed E-state index contributed by atoms with van der Waals surface area (Å²) in [4.78, 5) is 35.5. The number of hydrogen-bond acceptors (Lipinski definition) is 7. The highest BCUT2D eigenvalue weighted by molar-refractivity contribution is 6.34. The van der Waals surface area contributed by atoms with Crippen LogP contribution < -0.4 is 16.7 Å². The third kappa shape index (κ3) is 4.66. The lowest BCUT2D eigenvalue weighted by Gasteiger charge is -2.16. The second kappa shape index (κ2) is 9.49. The minimum atomic E-state index is -0.802. The zero-order chi connectivity index (χ0) is 27.3. The van der Waals surface area contributed by atoms with Crippen molar-refractivity contribution in [3.8, 4) is 11.8 Å². The first-order valence-corrected chi connectivity index (χ1v) is 12.5. The molecule has 5 aromatic rings. The fraction of sp³-hybridized carbons (Fsp3) is 0.185. The summed E-state index contributed by atoms with van der Waals surface area (Å²) in [6.45, 7) is -0.105. The first kappa shape index (κ1) is 24.5. The molecule has 3 heterocycles. The van der Waals surface area contributed by atoms with Crippen molar-refractivity contribution < 1.29 is 4.39 Å². The van der Waals surface area contributed by atoms with Crippen LogP contribution in [0.15, 0.2) is 64.6 Å². The third-order valence-corrected chi connectivity index (χ3v) is 6.88. The number of aromatic nitrogens is 6. The van der Waals surface area contributed by atoms with E-state index in [1.54, 1.807) is 48.4 Å². The number of hydrogen-bond donors (Lipinski definition) is 1. The highest BCUT2D eigenvalue weighted by Crippen LogP contribution is 2.40. The molecule has 0 unspecified atom stereocenters. The molecule has 0 atom stereocenters. The lowest BCUT2D eigenvalue weighted by Crippen LogP contribution is -2.41. The van der Waals surface area contributed by atoms with Crippen LogP contribution in [0.4, 0.5) is 16.0 Å². The summed E-state index contributed by atoms with van der Waals surface area (Å²) < 4.78 is 17.8. The molecule has 6 rings (SSSR count). The molecule has 0 amide bonds. The smallest absolute Gasteiger partial charge is 0.324 e. The Balaban J connectivity index is 1.50. The van der Waals surface area contributed by atoms with Crippen LogP contribution in [-0.2, 0) is 13.6 Å². The molecule has 0 saturated heterocycles. The van der Waals surface area contributed by atoms with Crippen LogP contribution >= 0.6 is 11.6 Å². The lowest BCUT2D eigenvalue weighted by atomic mass is 10.1. The summed E-state index contributed by atoms with van der Waals surface area (Å²) in [6.07, 6.45) is 7.02. The van der Waals surface area contributed by atoms with E-state index in [-0.39, 0.29) is 18.1 Å². The standard InChI is InChI=1S/C27H20ClFN8O2/c1-35-14-19-8-24(21(28)9-23(19)34-35)32-25-33-26(38)37(20-7-18(11-31-12-20)16-3-4-16)27(39)36(25)13-15-2-5-22(29)17(6-15)10-30/h2,5-9,11-12,14,16H,3-4,13H2,1H3,(H,32,33,38). The van der Waals surface area contributed by atoms with Crippen LogP contribution in [-0.4, -0.2) is 28.9 Å². The van der Waals surface area contributed by atoms with Crippen molar-refractivity contribution in [3.05, 3.63) is 103 Å². The number of nitriles is 1. The number of nitrogens with one attached hydrogen (secondary N) is 1. The van der Waals surface area contributed by atoms with Gasteiger partial charge in [-0.1, -0.05) is 17.7 Å². The average molecular weight is 543 g/mol. The third-order valence-electron chi connectivity index (χ3n) is 6.57. The van der Waals surface area contributed by atoms with E-state index in [4.69, 9.17) is 11.6 Å². The van der Waals surface area contributed by atoms with E-state index in [0.717, 1.165) is 34.4 Å². The maximum Gasteiger partial charge on any atom is 0.359 e. The highest BCUT2D eigenvalue weighted by Gasteiger charge is 2.25. The topological polar surface area (TPSA) is 123 Å². The first-order chi connectivity index (χ1) is 18.8. The molecule has 0 aliphatic heterocycles. The van der Waals surface area contributed by atoms with Gasteiger partial charge in [-0.25, -0.2) is 18.5 Å². The number of nitrogens with zero attached hydrogens (tertiary/aromatic N) is 7. The van der Waals surface area contributed by atoms with E-state index in [1.807, 2.05) is 0 Å². The predicted octanol–water partition coefficient (Wildman–Crippen LogP) is 4.01. The van der Waals surface area contributed by atoms with Crippen molar-refractivity contribution in [1.29, 1.82) is 5.26 Å². The van der Waals surface area contributed by atoms with E-state index >= 15 is 0 Å². The Morgan fingerprint density at radius 2 is 2.00 bits per heavy atom. The van der Waals surface area contributed by atoms with Crippen molar-refractivity contribution >= 4 is 34.1 Å². The Kier molecular flexibility index (Phi) is 5.96. The maximum atomic E-state index is 14.0. The van der Waals surface area contributed by atoms with Gasteiger partial charge in [-0.05, 0) is 60.2 Å². The molecule has 1 saturated carbocycles. The molecule has 12 heteroatoms. The van der Waals surface area contributed by atoms with Gasteiger partial charge in [-0.2, -0.15) is 15.3 Å². The molecule has 0 spiro atoms. The van der Waals surface area contributed by atoms with E-state index in [2.05, 4.69) is 20.4 Å². The Bertz CT molecular complexity index is 1930. The van der Waals surface area contributed by atoms with Crippen molar-refractivity contribution in [2.75, 3.05) is 5.32 Å². The molecule has 2 aromatic carbocycles. The molecule has 1 aliphatic carbocycles. The number of anilines is 2.